The van der Waals surface area contributed by atoms with Crippen molar-refractivity contribution in [1.29, 1.82) is 0 Å². The van der Waals surface area contributed by atoms with E-state index in [0.717, 1.165) is 47.6 Å². The fourth-order valence-electron chi connectivity index (χ4n) is 5.10. The topological polar surface area (TPSA) is 61.6 Å². The number of rotatable bonds is 10. The highest BCUT2D eigenvalue weighted by Gasteiger charge is 2.34. The highest BCUT2D eigenvalue weighted by atomic mass is 16.5. The molecule has 36 heavy (non-hydrogen) atoms. The number of esters is 1. The normalized spacial score (nSPS) is 16.2. The number of oxazole rings is 1. The van der Waals surface area contributed by atoms with E-state index in [-0.39, 0.29) is 17.8 Å². The first kappa shape index (κ1) is 25.5. The fourth-order valence-corrected chi connectivity index (χ4v) is 5.10. The summed E-state index contributed by atoms with van der Waals surface area (Å²) in [5.41, 5.74) is 5.34. The van der Waals surface area contributed by atoms with Gasteiger partial charge in [-0.3, -0.25) is 4.79 Å². The SMILES string of the molecule is C/C=C\C(=C/C)c1nc(CCOc2ccc3c(c2)CCC3C(CC)C(=O)OC)c(-c2ccccc2)o1. The minimum atomic E-state index is -0.118. The molecule has 1 aliphatic carbocycles. The van der Waals surface area contributed by atoms with Crippen molar-refractivity contribution in [3.63, 3.8) is 0 Å². The number of fused-ring (bicyclic) bond motifs is 1. The molecule has 0 saturated carbocycles. The Hall–Kier alpha value is -3.60. The van der Waals surface area contributed by atoms with E-state index in [1.807, 2.05) is 75.4 Å². The predicted octanol–water partition coefficient (Wildman–Crippen LogP) is 7.17. The highest BCUT2D eigenvalue weighted by molar-refractivity contribution is 5.74. The van der Waals surface area contributed by atoms with E-state index in [9.17, 15) is 4.79 Å². The molecule has 3 aromatic rings. The van der Waals surface area contributed by atoms with Gasteiger partial charge in [-0.25, -0.2) is 4.98 Å². The van der Waals surface area contributed by atoms with Crippen LogP contribution in [-0.2, 0) is 22.4 Å². The number of hydrogen-bond donors (Lipinski definition) is 0. The molecular formula is C31H35NO4. The Morgan fingerprint density at radius 1 is 1.19 bits per heavy atom. The molecule has 0 amide bonds. The summed E-state index contributed by atoms with van der Waals surface area (Å²) in [4.78, 5) is 17.1. The molecule has 1 heterocycles. The number of hydrogen-bond acceptors (Lipinski definition) is 5. The summed E-state index contributed by atoms with van der Waals surface area (Å²) in [6, 6.07) is 16.3. The third-order valence-electron chi connectivity index (χ3n) is 6.91. The monoisotopic (exact) mass is 485 g/mol. The van der Waals surface area contributed by atoms with Crippen molar-refractivity contribution in [3.05, 3.63) is 89.5 Å². The van der Waals surface area contributed by atoms with Crippen LogP contribution in [0.15, 0.2) is 71.2 Å². The van der Waals surface area contributed by atoms with Gasteiger partial charge < -0.3 is 13.9 Å². The van der Waals surface area contributed by atoms with Gasteiger partial charge in [0.25, 0.3) is 0 Å². The van der Waals surface area contributed by atoms with Crippen LogP contribution in [-0.4, -0.2) is 24.7 Å². The number of aryl methyl sites for hydroxylation is 1. The van der Waals surface area contributed by atoms with Crippen LogP contribution in [0.25, 0.3) is 16.9 Å². The molecular weight excluding hydrogens is 450 g/mol. The summed E-state index contributed by atoms with van der Waals surface area (Å²) in [5.74, 6) is 2.24. The Bertz CT molecular complexity index is 1240. The van der Waals surface area contributed by atoms with Crippen molar-refractivity contribution in [2.45, 2.75) is 52.4 Å². The maximum atomic E-state index is 12.2. The lowest BCUT2D eigenvalue weighted by molar-refractivity contribution is -0.146. The largest absolute Gasteiger partial charge is 0.493 e. The summed E-state index contributed by atoms with van der Waals surface area (Å²) >= 11 is 0. The minimum absolute atomic E-state index is 0.0922. The first-order valence-electron chi connectivity index (χ1n) is 12.8. The Kier molecular flexibility index (Phi) is 8.42. The average molecular weight is 486 g/mol. The smallest absolute Gasteiger partial charge is 0.309 e. The van der Waals surface area contributed by atoms with Gasteiger partial charge in [-0.1, -0.05) is 61.5 Å². The molecule has 5 nitrogen and oxygen atoms in total. The second kappa shape index (κ2) is 11.9. The standard InChI is InChI=1S/C31H35NO4/c1-5-11-21(6-2)30-32-28(29(36-30)22-12-9-8-10-13-22)18-19-35-24-15-17-26-23(20-24)14-16-27(26)25(7-3)31(33)34-4/h5-6,8-13,15,17,20,25,27H,7,14,16,18-19H2,1-4H3/b11-5-,21-6+. The van der Waals surface area contributed by atoms with Gasteiger partial charge in [-0.15, -0.1) is 0 Å². The van der Waals surface area contributed by atoms with E-state index >= 15 is 0 Å². The third-order valence-corrected chi connectivity index (χ3v) is 6.91. The number of nitrogens with zero attached hydrogens (tertiary/aromatic N) is 1. The van der Waals surface area contributed by atoms with Crippen LogP contribution in [0.3, 0.4) is 0 Å². The predicted molar refractivity (Wildman–Crippen MR) is 143 cm³/mol. The van der Waals surface area contributed by atoms with Gasteiger partial charge in [0.1, 0.15) is 5.75 Å². The van der Waals surface area contributed by atoms with Crippen LogP contribution < -0.4 is 4.74 Å². The molecule has 5 heteroatoms. The lowest BCUT2D eigenvalue weighted by Gasteiger charge is -2.21. The number of aromatic nitrogens is 1. The summed E-state index contributed by atoms with van der Waals surface area (Å²) in [5, 5.41) is 0. The molecule has 0 aliphatic heterocycles. The third kappa shape index (κ3) is 5.46. The molecule has 2 unspecified atom stereocenters. The number of allylic oxidation sites excluding steroid dienone is 4. The Balaban J connectivity index is 1.49. The van der Waals surface area contributed by atoms with Gasteiger partial charge in [-0.05, 0) is 62.3 Å². The maximum absolute atomic E-state index is 12.2. The first-order valence-corrected chi connectivity index (χ1v) is 12.8. The molecule has 0 bridgehead atoms. The highest BCUT2D eigenvalue weighted by Crippen LogP contribution is 2.41. The van der Waals surface area contributed by atoms with E-state index in [4.69, 9.17) is 18.9 Å². The molecule has 0 saturated heterocycles. The second-order valence-electron chi connectivity index (χ2n) is 9.05. The maximum Gasteiger partial charge on any atom is 0.309 e. The summed E-state index contributed by atoms with van der Waals surface area (Å²) in [7, 11) is 1.47. The van der Waals surface area contributed by atoms with E-state index in [2.05, 4.69) is 12.1 Å². The van der Waals surface area contributed by atoms with Crippen LogP contribution in [0.1, 0.15) is 62.2 Å². The number of carbonyl (C=O) groups excluding carboxylic acids is 1. The van der Waals surface area contributed by atoms with Gasteiger partial charge in [0.2, 0.25) is 5.89 Å². The number of carbonyl (C=O) groups is 1. The van der Waals surface area contributed by atoms with Crippen LogP contribution in [0.5, 0.6) is 5.75 Å². The van der Waals surface area contributed by atoms with Crippen molar-refractivity contribution in [1.82, 2.24) is 4.98 Å². The average Bonchev–Trinajstić information content (AvgIpc) is 3.52. The van der Waals surface area contributed by atoms with Gasteiger partial charge >= 0.3 is 5.97 Å². The zero-order valence-corrected chi connectivity index (χ0v) is 21.6. The Morgan fingerprint density at radius 3 is 2.69 bits per heavy atom. The molecule has 0 spiro atoms. The minimum Gasteiger partial charge on any atom is -0.493 e. The molecule has 0 N–H and O–H groups in total. The molecule has 0 fully saturated rings. The fraction of sp³-hybridized carbons (Fsp3) is 0.355. The quantitative estimate of drug-likeness (QED) is 0.225. The molecule has 2 atom stereocenters. The number of ether oxygens (including phenoxy) is 2. The van der Waals surface area contributed by atoms with Gasteiger partial charge in [0, 0.05) is 17.6 Å². The zero-order chi connectivity index (χ0) is 25.5. The summed E-state index contributed by atoms with van der Waals surface area (Å²) < 4.78 is 17.4. The molecule has 1 aliphatic rings. The van der Waals surface area contributed by atoms with Crippen LogP contribution in [0, 0.1) is 5.92 Å². The molecule has 188 valence electrons. The van der Waals surface area contributed by atoms with Crippen molar-refractivity contribution in [3.8, 4) is 17.1 Å². The van der Waals surface area contributed by atoms with Crippen molar-refractivity contribution >= 4 is 11.5 Å². The first-order chi connectivity index (χ1) is 17.6. The van der Waals surface area contributed by atoms with Crippen LogP contribution >= 0.6 is 0 Å². The molecule has 2 aromatic carbocycles. The van der Waals surface area contributed by atoms with Crippen molar-refractivity contribution in [2.24, 2.45) is 5.92 Å². The van der Waals surface area contributed by atoms with E-state index in [0.29, 0.717) is 18.9 Å². The van der Waals surface area contributed by atoms with E-state index in [1.54, 1.807) is 0 Å². The second-order valence-corrected chi connectivity index (χ2v) is 9.05. The van der Waals surface area contributed by atoms with E-state index in [1.165, 1.54) is 18.2 Å². The molecule has 1 aromatic heterocycles. The lowest BCUT2D eigenvalue weighted by Crippen LogP contribution is -2.21. The number of benzene rings is 2. The van der Waals surface area contributed by atoms with Gasteiger partial charge in [-0.2, -0.15) is 0 Å². The lowest BCUT2D eigenvalue weighted by atomic mass is 9.85. The molecule has 0 radical (unpaired) electrons. The van der Waals surface area contributed by atoms with Gasteiger partial charge in [0.15, 0.2) is 5.76 Å². The van der Waals surface area contributed by atoms with Crippen LogP contribution in [0.2, 0.25) is 0 Å². The van der Waals surface area contributed by atoms with Gasteiger partial charge in [0.05, 0.1) is 25.3 Å². The van der Waals surface area contributed by atoms with Crippen LogP contribution in [0.4, 0.5) is 0 Å². The Labute approximate surface area is 213 Å². The number of methoxy groups -OCH3 is 1. The molecule has 4 rings (SSSR count). The van der Waals surface area contributed by atoms with Crippen molar-refractivity contribution in [2.75, 3.05) is 13.7 Å². The zero-order valence-electron chi connectivity index (χ0n) is 21.6. The van der Waals surface area contributed by atoms with E-state index < -0.39 is 0 Å². The van der Waals surface area contributed by atoms with Crippen molar-refractivity contribution < 1.29 is 18.7 Å². The summed E-state index contributed by atoms with van der Waals surface area (Å²) in [6.45, 7) is 6.50. The summed E-state index contributed by atoms with van der Waals surface area (Å²) in [6.07, 6.45) is 9.31. The Morgan fingerprint density at radius 2 is 2.00 bits per heavy atom.